The number of benzene rings is 4. The molecule has 14 heteroatoms. The summed E-state index contributed by atoms with van der Waals surface area (Å²) >= 11 is 12.3. The molecule has 0 aliphatic rings. The lowest BCUT2D eigenvalue weighted by Gasteiger charge is -2.13. The molecule has 0 aliphatic carbocycles. The molecule has 0 fully saturated rings. The maximum absolute atomic E-state index is 12.9. The minimum Gasteiger partial charge on any atom is -0.478 e. The molecule has 0 saturated carbocycles. The van der Waals surface area contributed by atoms with Crippen LogP contribution in [0.1, 0.15) is 31.8 Å². The molecule has 0 aromatic heterocycles. The number of rotatable bonds is 10. The molecule has 0 atom stereocenters. The highest BCUT2D eigenvalue weighted by Crippen LogP contribution is 2.32. The summed E-state index contributed by atoms with van der Waals surface area (Å²) < 4.78 is 56.0. The first-order valence-corrected chi connectivity index (χ1v) is 15.5. The molecule has 4 rings (SSSR count). The Bertz CT molecular complexity index is 1790. The average Bonchev–Trinajstić information content (AvgIpc) is 2.93. The summed E-state index contributed by atoms with van der Waals surface area (Å²) in [6.07, 6.45) is 0. The highest BCUT2D eigenvalue weighted by Gasteiger charge is 2.19. The molecular weight excluding hydrogens is 627 g/mol. The second-order valence-corrected chi connectivity index (χ2v) is 13.0. The lowest BCUT2D eigenvalue weighted by Crippen LogP contribution is -2.13. The molecule has 0 amide bonds. The van der Waals surface area contributed by atoms with Crippen LogP contribution in [0.3, 0.4) is 0 Å². The standard InChI is InChI=1S/C28H20Cl2N2O8S2/c29-26(30)25(17-7-11-23(12-8-17)41(37,38)31-21-5-1-3-19(15-21)27(33)34)18-9-13-24(14-10-18)42(39,40)32-22-6-2-4-20(16-22)28(35)36/h1-16,31-32H,(H,33,34)(H,35,36). The fraction of sp³-hybridized carbons (Fsp3) is 0. The Morgan fingerprint density at radius 1 is 0.548 bits per heavy atom. The molecule has 0 heterocycles. The van der Waals surface area contributed by atoms with Gasteiger partial charge in [-0.2, -0.15) is 0 Å². The summed E-state index contributed by atoms with van der Waals surface area (Å²) in [7, 11) is -8.14. The zero-order valence-corrected chi connectivity index (χ0v) is 24.3. The van der Waals surface area contributed by atoms with Crippen LogP contribution in [-0.4, -0.2) is 39.0 Å². The highest BCUT2D eigenvalue weighted by molar-refractivity contribution is 7.93. The van der Waals surface area contributed by atoms with Gasteiger partial charge < -0.3 is 10.2 Å². The topological polar surface area (TPSA) is 167 Å². The lowest BCUT2D eigenvalue weighted by molar-refractivity contribution is 0.0686. The van der Waals surface area contributed by atoms with E-state index in [-0.39, 0.29) is 36.8 Å². The van der Waals surface area contributed by atoms with Crippen LogP contribution in [0.25, 0.3) is 5.57 Å². The van der Waals surface area contributed by atoms with Gasteiger partial charge in [0.2, 0.25) is 0 Å². The zero-order chi connectivity index (χ0) is 30.7. The van der Waals surface area contributed by atoms with Crippen LogP contribution in [0.15, 0.2) is 111 Å². The fourth-order valence-electron chi connectivity index (χ4n) is 3.85. The number of carboxylic acids is 2. The van der Waals surface area contributed by atoms with Crippen molar-refractivity contribution >= 4 is 72.1 Å². The Morgan fingerprint density at radius 3 is 1.21 bits per heavy atom. The average molecular weight is 648 g/mol. The Morgan fingerprint density at radius 2 is 0.905 bits per heavy atom. The number of nitrogens with one attached hydrogen (secondary N) is 2. The number of hydrogen-bond acceptors (Lipinski definition) is 6. The predicted octanol–water partition coefficient (Wildman–Crippen LogP) is 5.88. The molecule has 0 unspecified atom stereocenters. The van der Waals surface area contributed by atoms with Crippen molar-refractivity contribution in [1.29, 1.82) is 0 Å². The van der Waals surface area contributed by atoms with Gasteiger partial charge in [-0.25, -0.2) is 26.4 Å². The van der Waals surface area contributed by atoms with Gasteiger partial charge in [0, 0.05) is 16.9 Å². The Labute approximate surface area is 251 Å². The molecule has 0 aliphatic heterocycles. The molecule has 0 saturated heterocycles. The van der Waals surface area contributed by atoms with Crippen molar-refractivity contribution in [1.82, 2.24) is 0 Å². The summed E-state index contributed by atoms with van der Waals surface area (Å²) in [5.41, 5.74) is 1.14. The van der Waals surface area contributed by atoms with Crippen molar-refractivity contribution in [2.24, 2.45) is 0 Å². The van der Waals surface area contributed by atoms with Crippen LogP contribution in [0.5, 0.6) is 0 Å². The number of sulfonamides is 2. The quantitative estimate of drug-likeness (QED) is 0.166. The summed E-state index contributed by atoms with van der Waals surface area (Å²) in [5.74, 6) is -2.41. The van der Waals surface area contributed by atoms with E-state index < -0.39 is 32.0 Å². The van der Waals surface area contributed by atoms with Gasteiger partial charge in [-0.15, -0.1) is 0 Å². The monoisotopic (exact) mass is 646 g/mol. The number of carbonyl (C=O) groups is 2. The third-order valence-corrected chi connectivity index (χ3v) is 8.99. The van der Waals surface area contributed by atoms with Gasteiger partial charge in [-0.05, 0) is 71.8 Å². The lowest BCUT2D eigenvalue weighted by atomic mass is 10.00. The van der Waals surface area contributed by atoms with Gasteiger partial charge in [0.25, 0.3) is 20.0 Å². The number of hydrogen-bond donors (Lipinski definition) is 4. The van der Waals surface area contributed by atoms with E-state index in [0.29, 0.717) is 16.7 Å². The normalized spacial score (nSPS) is 11.4. The molecule has 0 spiro atoms. The molecule has 4 aromatic rings. The maximum Gasteiger partial charge on any atom is 0.335 e. The van der Waals surface area contributed by atoms with E-state index in [9.17, 15) is 26.4 Å². The minimum absolute atomic E-state index is 0.0717. The first kappa shape index (κ1) is 30.6. The van der Waals surface area contributed by atoms with Crippen molar-refractivity contribution in [3.05, 3.63) is 124 Å². The molecular formula is C28H20Cl2N2O8S2. The second-order valence-electron chi connectivity index (χ2n) is 8.67. The number of aromatic carboxylic acids is 2. The largest absolute Gasteiger partial charge is 0.478 e. The summed E-state index contributed by atoms with van der Waals surface area (Å²) in [5, 5.41) is 18.3. The Hall–Kier alpha value is -4.36. The van der Waals surface area contributed by atoms with Gasteiger partial charge >= 0.3 is 11.9 Å². The van der Waals surface area contributed by atoms with E-state index >= 15 is 0 Å². The first-order chi connectivity index (χ1) is 19.8. The fourth-order valence-corrected chi connectivity index (χ4v) is 6.38. The van der Waals surface area contributed by atoms with Crippen LogP contribution < -0.4 is 9.44 Å². The number of carboxylic acid groups (broad SMARTS) is 2. The van der Waals surface area contributed by atoms with Crippen molar-refractivity contribution in [2.45, 2.75) is 9.79 Å². The van der Waals surface area contributed by atoms with E-state index in [4.69, 9.17) is 33.4 Å². The van der Waals surface area contributed by atoms with Gasteiger partial charge in [0.05, 0.1) is 20.9 Å². The summed E-state index contributed by atoms with van der Waals surface area (Å²) in [4.78, 5) is 22.1. The van der Waals surface area contributed by atoms with Crippen LogP contribution in [0.4, 0.5) is 11.4 Å². The molecule has 0 radical (unpaired) electrons. The second kappa shape index (κ2) is 12.2. The minimum atomic E-state index is -4.07. The third kappa shape index (κ3) is 7.09. The molecule has 10 nitrogen and oxygen atoms in total. The maximum atomic E-state index is 12.9. The van der Waals surface area contributed by atoms with Gasteiger partial charge in [0.1, 0.15) is 4.49 Å². The molecule has 216 valence electrons. The van der Waals surface area contributed by atoms with Crippen molar-refractivity contribution in [3.63, 3.8) is 0 Å². The van der Waals surface area contributed by atoms with Crippen molar-refractivity contribution in [2.75, 3.05) is 9.44 Å². The van der Waals surface area contributed by atoms with E-state index in [1.807, 2.05) is 0 Å². The zero-order valence-electron chi connectivity index (χ0n) is 21.2. The van der Waals surface area contributed by atoms with E-state index in [0.717, 1.165) is 0 Å². The van der Waals surface area contributed by atoms with Crippen molar-refractivity contribution in [3.8, 4) is 0 Å². The molecule has 0 bridgehead atoms. The van der Waals surface area contributed by atoms with Crippen LogP contribution in [0.2, 0.25) is 0 Å². The molecule has 4 aromatic carbocycles. The van der Waals surface area contributed by atoms with Crippen molar-refractivity contribution < 1.29 is 36.6 Å². The third-order valence-electron chi connectivity index (χ3n) is 5.82. The molecule has 4 N–H and O–H groups in total. The van der Waals surface area contributed by atoms with E-state index in [1.54, 1.807) is 0 Å². The highest BCUT2D eigenvalue weighted by atomic mass is 35.5. The Balaban J connectivity index is 1.56. The van der Waals surface area contributed by atoms with Gasteiger partial charge in [0.15, 0.2) is 0 Å². The SMILES string of the molecule is O=C(O)c1cccc(NS(=O)(=O)c2ccc(C(=C(Cl)Cl)c3ccc(S(=O)(=O)Nc4cccc(C(=O)O)c4)cc3)cc2)c1. The smallest absolute Gasteiger partial charge is 0.335 e. The number of anilines is 2. The predicted molar refractivity (Wildman–Crippen MR) is 159 cm³/mol. The summed E-state index contributed by atoms with van der Waals surface area (Å²) in [6.45, 7) is 0. The van der Waals surface area contributed by atoms with Crippen LogP contribution >= 0.6 is 23.2 Å². The van der Waals surface area contributed by atoms with Crippen LogP contribution in [-0.2, 0) is 20.0 Å². The van der Waals surface area contributed by atoms with Gasteiger partial charge in [-0.1, -0.05) is 59.6 Å². The van der Waals surface area contributed by atoms with Crippen LogP contribution in [0, 0.1) is 0 Å². The molecule has 42 heavy (non-hydrogen) atoms. The Kier molecular flexibility index (Phi) is 8.92. The van der Waals surface area contributed by atoms with E-state index in [2.05, 4.69) is 9.44 Å². The summed E-state index contributed by atoms with van der Waals surface area (Å²) in [6, 6.07) is 21.8. The van der Waals surface area contributed by atoms with E-state index in [1.165, 1.54) is 97.1 Å². The number of halogens is 2. The first-order valence-electron chi connectivity index (χ1n) is 11.8. The van der Waals surface area contributed by atoms with Gasteiger partial charge in [-0.3, -0.25) is 9.44 Å².